The van der Waals surface area contributed by atoms with E-state index in [-0.39, 0.29) is 32.7 Å². The first kappa shape index (κ1) is 14.5. The van der Waals surface area contributed by atoms with Crippen molar-refractivity contribution in [2.45, 2.75) is 58.2 Å². The van der Waals surface area contributed by atoms with Crippen LogP contribution in [0.5, 0.6) is 0 Å². The quantitative estimate of drug-likeness (QED) is 0.696. The van der Waals surface area contributed by atoms with E-state index in [0.29, 0.717) is 5.04 Å². The minimum absolute atomic E-state index is 0. The zero-order valence-corrected chi connectivity index (χ0v) is 15.8. The van der Waals surface area contributed by atoms with Gasteiger partial charge in [-0.15, -0.1) is 0 Å². The molecular weight excluding hydrogens is 255 g/mol. The summed E-state index contributed by atoms with van der Waals surface area (Å²) in [4.78, 5) is 0. The second kappa shape index (κ2) is 6.52. The molecule has 2 heteroatoms. The molecule has 0 aromatic heterocycles. The fraction of sp³-hybridized carbons (Fsp3) is 1.00. The Kier molecular flexibility index (Phi) is 8.62. The molecule has 0 unspecified atom stereocenters. The zero-order valence-electron chi connectivity index (χ0n) is 9.12. The van der Waals surface area contributed by atoms with Crippen LogP contribution in [0.2, 0.25) is 17.6 Å². The van der Waals surface area contributed by atoms with Crippen molar-refractivity contribution >= 4 is 32.7 Å². The van der Waals surface area contributed by atoms with E-state index in [1.807, 2.05) is 0 Å². The van der Waals surface area contributed by atoms with Crippen LogP contribution in [0.4, 0.5) is 0 Å². The minimum atomic E-state index is -0.0678. The molecule has 2 radical (unpaired) electrons. The van der Waals surface area contributed by atoms with Crippen molar-refractivity contribution in [3.63, 3.8) is 0 Å². The van der Waals surface area contributed by atoms with Crippen LogP contribution in [-0.4, -0.2) is 32.7 Å². The van der Waals surface area contributed by atoms with E-state index in [1.165, 1.54) is 18.9 Å². The molecule has 68 valence electrons. The van der Waals surface area contributed by atoms with Gasteiger partial charge in [0.2, 0.25) is 0 Å². The molecule has 0 N–H and O–H groups in total. The Bertz CT molecular complexity index is 86.1. The van der Waals surface area contributed by atoms with Gasteiger partial charge < -0.3 is 0 Å². The third-order valence-electron chi connectivity index (χ3n) is 2.19. The first-order valence-electron chi connectivity index (χ1n) is 4.31. The van der Waals surface area contributed by atoms with Crippen molar-refractivity contribution in [1.82, 2.24) is 0 Å². The van der Waals surface area contributed by atoms with E-state index < -0.39 is 0 Å². The van der Waals surface area contributed by atoms with Crippen LogP contribution in [-0.2, 0) is 0 Å². The number of hydrogen-bond acceptors (Lipinski definition) is 0. The van der Waals surface area contributed by atoms with Gasteiger partial charge in [0.25, 0.3) is 0 Å². The van der Waals surface area contributed by atoms with Crippen molar-refractivity contribution in [2.75, 3.05) is 0 Å². The van der Waals surface area contributed by atoms with Crippen molar-refractivity contribution < 1.29 is 0 Å². The molecular formula is C9H24SiSn. The summed E-state index contributed by atoms with van der Waals surface area (Å²) in [5.74, 6) is 0. The van der Waals surface area contributed by atoms with Crippen molar-refractivity contribution in [3.05, 3.63) is 0 Å². The van der Waals surface area contributed by atoms with Gasteiger partial charge in [0.15, 0.2) is 0 Å². The summed E-state index contributed by atoms with van der Waals surface area (Å²) in [7, 11) is -0.0678. The van der Waals surface area contributed by atoms with Crippen LogP contribution in [0.25, 0.3) is 0 Å². The molecule has 0 amide bonds. The molecule has 0 aliphatic heterocycles. The van der Waals surface area contributed by atoms with E-state index in [9.17, 15) is 0 Å². The standard InChI is InChI=1S/C9H21Si.Sn.3H/c1-6-7-8-10(5)9(2,3)4;;;;/h6-8H2,1-5H3;;;;. The van der Waals surface area contributed by atoms with E-state index in [1.54, 1.807) is 0 Å². The third-order valence-corrected chi connectivity index (χ3v) is 5.85. The van der Waals surface area contributed by atoms with E-state index in [2.05, 4.69) is 34.2 Å². The summed E-state index contributed by atoms with van der Waals surface area (Å²) in [5, 5.41) is 0.611. The first-order chi connectivity index (χ1) is 4.48. The van der Waals surface area contributed by atoms with Crippen LogP contribution in [0.1, 0.15) is 40.5 Å². The molecule has 0 aliphatic rings. The fourth-order valence-corrected chi connectivity index (χ4v) is 2.45. The van der Waals surface area contributed by atoms with Crippen molar-refractivity contribution in [3.8, 4) is 0 Å². The average molecular weight is 279 g/mol. The van der Waals surface area contributed by atoms with Crippen molar-refractivity contribution in [2.24, 2.45) is 0 Å². The first-order valence-corrected chi connectivity index (χ1v) is 6.52. The Morgan fingerprint density at radius 3 is 1.91 bits per heavy atom. The fourth-order valence-electron chi connectivity index (χ4n) is 0.817. The van der Waals surface area contributed by atoms with Crippen LogP contribution >= 0.6 is 0 Å². The molecule has 0 heterocycles. The molecule has 0 rings (SSSR count). The molecule has 0 saturated carbocycles. The molecule has 0 saturated heterocycles. The maximum absolute atomic E-state index is 2.46. The van der Waals surface area contributed by atoms with Crippen LogP contribution < -0.4 is 0 Å². The number of hydrogen-bond donors (Lipinski definition) is 0. The predicted molar refractivity (Wildman–Crippen MR) is 61.0 cm³/mol. The zero-order chi connectivity index (χ0) is 8.20. The molecule has 11 heavy (non-hydrogen) atoms. The Labute approximate surface area is 90.7 Å². The van der Waals surface area contributed by atoms with Crippen LogP contribution in [0.3, 0.4) is 0 Å². The van der Waals surface area contributed by atoms with Crippen molar-refractivity contribution in [1.29, 1.82) is 0 Å². The summed E-state index contributed by atoms with van der Waals surface area (Å²) in [6.45, 7) is 11.9. The molecule has 0 aromatic carbocycles. The molecule has 0 fully saturated rings. The second-order valence-corrected chi connectivity index (χ2v) is 7.69. The molecule has 0 bridgehead atoms. The number of unbranched alkanes of at least 4 members (excludes halogenated alkanes) is 1. The van der Waals surface area contributed by atoms with Gasteiger partial charge in [-0.05, 0) is 5.04 Å². The predicted octanol–water partition coefficient (Wildman–Crippen LogP) is 2.53. The van der Waals surface area contributed by atoms with E-state index >= 15 is 0 Å². The van der Waals surface area contributed by atoms with Gasteiger partial charge in [0.1, 0.15) is 0 Å². The van der Waals surface area contributed by atoms with Gasteiger partial charge in [-0.25, -0.2) is 0 Å². The van der Waals surface area contributed by atoms with Gasteiger partial charge in [0.05, 0.1) is 8.80 Å². The van der Waals surface area contributed by atoms with Gasteiger partial charge >= 0.3 is 23.9 Å². The SMILES string of the molecule is CCCC[Si](C)C(C)(C)C.[SnH3]. The monoisotopic (exact) mass is 280 g/mol. The van der Waals surface area contributed by atoms with Crippen LogP contribution in [0, 0.1) is 0 Å². The Hall–Kier alpha value is 1.02. The third kappa shape index (κ3) is 7.38. The molecule has 0 aromatic rings. The van der Waals surface area contributed by atoms with Crippen LogP contribution in [0.15, 0.2) is 0 Å². The number of rotatable bonds is 3. The summed E-state index contributed by atoms with van der Waals surface area (Å²) in [6.07, 6.45) is 2.79. The Morgan fingerprint density at radius 2 is 1.64 bits per heavy atom. The Balaban J connectivity index is 0. The van der Waals surface area contributed by atoms with E-state index in [4.69, 9.17) is 0 Å². The summed E-state index contributed by atoms with van der Waals surface area (Å²) in [5.41, 5.74) is 0. The molecule has 0 aliphatic carbocycles. The second-order valence-electron chi connectivity index (χ2n) is 4.13. The van der Waals surface area contributed by atoms with E-state index in [0.717, 1.165) is 0 Å². The van der Waals surface area contributed by atoms with Gasteiger partial charge in [-0.2, -0.15) is 0 Å². The average Bonchev–Trinajstić information content (AvgIpc) is 1.80. The normalized spacial score (nSPS) is 11.5. The molecule has 0 atom stereocenters. The van der Waals surface area contributed by atoms with Gasteiger partial charge in [-0.1, -0.05) is 53.1 Å². The molecule has 0 spiro atoms. The van der Waals surface area contributed by atoms with Gasteiger partial charge in [-0.3, -0.25) is 0 Å². The maximum atomic E-state index is 2.46. The summed E-state index contributed by atoms with van der Waals surface area (Å²) in [6, 6.07) is 1.49. The summed E-state index contributed by atoms with van der Waals surface area (Å²) < 4.78 is 0. The topological polar surface area (TPSA) is 0 Å². The summed E-state index contributed by atoms with van der Waals surface area (Å²) >= 11 is 0. The van der Waals surface area contributed by atoms with Gasteiger partial charge in [0, 0.05) is 0 Å². The Morgan fingerprint density at radius 1 is 1.18 bits per heavy atom. The molecule has 0 nitrogen and oxygen atoms in total.